The fourth-order valence-electron chi connectivity index (χ4n) is 3.21. The molecule has 1 N–H and O–H groups in total. The third-order valence-electron chi connectivity index (χ3n) is 4.66. The van der Waals surface area contributed by atoms with E-state index >= 15 is 0 Å². The first-order chi connectivity index (χ1) is 9.07. The third-order valence-corrected chi connectivity index (χ3v) is 4.66. The van der Waals surface area contributed by atoms with Crippen LogP contribution >= 0.6 is 0 Å². The number of aryl methyl sites for hydroxylation is 1. The molecule has 0 atom stereocenters. The second kappa shape index (κ2) is 4.34. The van der Waals surface area contributed by atoms with E-state index in [4.69, 9.17) is 4.98 Å². The molecule has 1 aromatic carbocycles. The second-order valence-electron chi connectivity index (χ2n) is 6.18. The number of fused-ring (bicyclic) bond motifs is 1. The van der Waals surface area contributed by atoms with Gasteiger partial charge in [0.25, 0.3) is 0 Å². The van der Waals surface area contributed by atoms with E-state index in [9.17, 15) is 5.11 Å². The normalized spacial score (nSPS) is 17.9. The summed E-state index contributed by atoms with van der Waals surface area (Å²) >= 11 is 0. The molecule has 0 spiro atoms. The lowest BCUT2D eigenvalue weighted by molar-refractivity contribution is 0.120. The van der Waals surface area contributed by atoms with E-state index < -0.39 is 0 Å². The summed E-state index contributed by atoms with van der Waals surface area (Å²) in [6, 6.07) is 6.50. The Morgan fingerprint density at radius 2 is 2.11 bits per heavy atom. The topological polar surface area (TPSA) is 38.1 Å². The molecule has 1 aliphatic carbocycles. The maximum Gasteiger partial charge on any atom is 0.112 e. The zero-order valence-corrected chi connectivity index (χ0v) is 12.0. The largest absolute Gasteiger partial charge is 0.395 e. The molecule has 1 saturated carbocycles. The highest BCUT2D eigenvalue weighted by atomic mass is 16.3. The van der Waals surface area contributed by atoms with Gasteiger partial charge in [0.1, 0.15) is 5.82 Å². The smallest absolute Gasteiger partial charge is 0.112 e. The van der Waals surface area contributed by atoms with Crippen molar-refractivity contribution in [2.45, 2.75) is 44.4 Å². The van der Waals surface area contributed by atoms with Crippen LogP contribution in [0.25, 0.3) is 11.0 Å². The average Bonchev–Trinajstić information content (AvgIpc) is 2.66. The molecule has 2 aromatic rings. The minimum atomic E-state index is 0.00368. The van der Waals surface area contributed by atoms with Crippen LogP contribution in [0.5, 0.6) is 0 Å². The molecule has 1 fully saturated rings. The lowest BCUT2D eigenvalue weighted by atomic mass is 9.65. The number of nitrogens with zero attached hydrogens (tertiary/aromatic N) is 2. The zero-order valence-electron chi connectivity index (χ0n) is 12.0. The number of benzene rings is 1. The first-order valence-corrected chi connectivity index (χ1v) is 7.15. The Morgan fingerprint density at radius 3 is 2.63 bits per heavy atom. The molecule has 1 heterocycles. The molecule has 0 saturated heterocycles. The number of rotatable bonds is 3. The van der Waals surface area contributed by atoms with Crippen LogP contribution in [0.2, 0.25) is 0 Å². The molecule has 0 bridgehead atoms. The van der Waals surface area contributed by atoms with Gasteiger partial charge >= 0.3 is 0 Å². The molecular weight excluding hydrogens is 236 g/mol. The van der Waals surface area contributed by atoms with E-state index in [0.29, 0.717) is 5.92 Å². The summed E-state index contributed by atoms with van der Waals surface area (Å²) in [6.45, 7) is 4.59. The van der Waals surface area contributed by atoms with Crippen LogP contribution in [0, 0.1) is 0 Å². The van der Waals surface area contributed by atoms with Crippen molar-refractivity contribution in [3.63, 3.8) is 0 Å². The lowest BCUT2D eigenvalue weighted by Crippen LogP contribution is -2.37. The molecule has 0 amide bonds. The molecule has 1 aromatic heterocycles. The van der Waals surface area contributed by atoms with E-state index in [1.54, 1.807) is 0 Å². The maximum atomic E-state index is 9.68. The van der Waals surface area contributed by atoms with Gasteiger partial charge in [0.2, 0.25) is 0 Å². The zero-order chi connectivity index (χ0) is 13.6. The Morgan fingerprint density at radius 1 is 1.37 bits per heavy atom. The molecule has 3 rings (SSSR count). The van der Waals surface area contributed by atoms with E-state index in [1.807, 2.05) is 0 Å². The van der Waals surface area contributed by atoms with Crippen molar-refractivity contribution in [1.29, 1.82) is 0 Å². The van der Waals surface area contributed by atoms with Gasteiger partial charge in [0.05, 0.1) is 17.6 Å². The monoisotopic (exact) mass is 258 g/mol. The minimum Gasteiger partial charge on any atom is -0.395 e. The van der Waals surface area contributed by atoms with Gasteiger partial charge in [0.15, 0.2) is 0 Å². The molecule has 0 radical (unpaired) electrons. The fraction of sp³-hybridized carbons (Fsp3) is 0.562. The summed E-state index contributed by atoms with van der Waals surface area (Å²) in [7, 11) is 2.08. The van der Waals surface area contributed by atoms with E-state index in [0.717, 1.165) is 24.2 Å². The van der Waals surface area contributed by atoms with Crippen molar-refractivity contribution < 1.29 is 5.11 Å². The van der Waals surface area contributed by atoms with Crippen LogP contribution in [0.15, 0.2) is 18.2 Å². The van der Waals surface area contributed by atoms with Crippen molar-refractivity contribution in [3.8, 4) is 0 Å². The molecule has 0 aliphatic heterocycles. The minimum absolute atomic E-state index is 0.00368. The van der Waals surface area contributed by atoms with E-state index in [-0.39, 0.29) is 12.0 Å². The highest BCUT2D eigenvalue weighted by Gasteiger charge is 2.38. The number of hydrogen-bond donors (Lipinski definition) is 1. The van der Waals surface area contributed by atoms with Crippen molar-refractivity contribution in [1.82, 2.24) is 9.55 Å². The lowest BCUT2D eigenvalue weighted by Gasteiger charge is -2.40. The van der Waals surface area contributed by atoms with Crippen LogP contribution in [-0.2, 0) is 12.5 Å². The van der Waals surface area contributed by atoms with Crippen molar-refractivity contribution in [2.24, 2.45) is 7.05 Å². The fourth-order valence-corrected chi connectivity index (χ4v) is 3.21. The highest BCUT2D eigenvalue weighted by molar-refractivity contribution is 5.77. The quantitative estimate of drug-likeness (QED) is 0.918. The maximum absolute atomic E-state index is 9.68. The Kier molecular flexibility index (Phi) is 2.90. The van der Waals surface area contributed by atoms with E-state index in [2.05, 4.69) is 43.7 Å². The Balaban J connectivity index is 2.11. The molecular formula is C16H22N2O. The molecule has 1 aliphatic rings. The van der Waals surface area contributed by atoms with Gasteiger partial charge in [-0.15, -0.1) is 0 Å². The number of aliphatic hydroxyl groups is 1. The number of hydrogen-bond acceptors (Lipinski definition) is 2. The molecule has 102 valence electrons. The van der Waals surface area contributed by atoms with Crippen molar-refractivity contribution in [2.75, 3.05) is 6.61 Å². The Hall–Kier alpha value is -1.35. The van der Waals surface area contributed by atoms with Crippen LogP contribution in [0.1, 0.15) is 50.4 Å². The van der Waals surface area contributed by atoms with Gasteiger partial charge in [0, 0.05) is 18.4 Å². The number of aliphatic hydroxyl groups excluding tert-OH is 1. The predicted octanol–water partition coefficient (Wildman–Crippen LogP) is 3.11. The predicted molar refractivity (Wildman–Crippen MR) is 77.4 cm³/mol. The third kappa shape index (κ3) is 1.79. The van der Waals surface area contributed by atoms with Crippen LogP contribution in [0.4, 0.5) is 0 Å². The van der Waals surface area contributed by atoms with Crippen molar-refractivity contribution in [3.05, 3.63) is 29.6 Å². The van der Waals surface area contributed by atoms with Crippen LogP contribution in [0.3, 0.4) is 0 Å². The second-order valence-corrected chi connectivity index (χ2v) is 6.18. The van der Waals surface area contributed by atoms with Gasteiger partial charge in [-0.3, -0.25) is 0 Å². The van der Waals surface area contributed by atoms with Gasteiger partial charge in [-0.1, -0.05) is 26.3 Å². The van der Waals surface area contributed by atoms with Crippen LogP contribution < -0.4 is 0 Å². The van der Waals surface area contributed by atoms with Gasteiger partial charge < -0.3 is 9.67 Å². The summed E-state index contributed by atoms with van der Waals surface area (Å²) in [5, 5.41) is 9.68. The first-order valence-electron chi connectivity index (χ1n) is 7.15. The summed E-state index contributed by atoms with van der Waals surface area (Å²) in [6.07, 6.45) is 3.41. The van der Waals surface area contributed by atoms with Crippen LogP contribution in [-0.4, -0.2) is 21.3 Å². The SMILES string of the molecule is CC(C)c1nc2cc(C3(CO)CCC3)ccc2n1C. The molecule has 19 heavy (non-hydrogen) atoms. The molecule has 3 heteroatoms. The first kappa shape index (κ1) is 12.7. The van der Waals surface area contributed by atoms with Gasteiger partial charge in [-0.2, -0.15) is 0 Å². The Bertz CT molecular complexity index is 603. The summed E-state index contributed by atoms with van der Waals surface area (Å²) in [5.74, 6) is 1.55. The summed E-state index contributed by atoms with van der Waals surface area (Å²) in [4.78, 5) is 4.76. The molecule has 3 nitrogen and oxygen atoms in total. The number of imidazole rings is 1. The number of aromatic nitrogens is 2. The summed E-state index contributed by atoms with van der Waals surface area (Å²) in [5.41, 5.74) is 3.49. The average molecular weight is 258 g/mol. The highest BCUT2D eigenvalue weighted by Crippen LogP contribution is 2.43. The van der Waals surface area contributed by atoms with Gasteiger partial charge in [-0.05, 0) is 30.5 Å². The van der Waals surface area contributed by atoms with Crippen molar-refractivity contribution >= 4 is 11.0 Å². The van der Waals surface area contributed by atoms with E-state index in [1.165, 1.54) is 17.5 Å². The Labute approximate surface area is 114 Å². The summed E-state index contributed by atoms with van der Waals surface area (Å²) < 4.78 is 2.18. The standard InChI is InChI=1S/C16H22N2O/c1-11(2)15-17-13-9-12(5-6-14(13)18(15)3)16(10-19)7-4-8-16/h5-6,9,11,19H,4,7-8,10H2,1-3H3. The van der Waals surface area contributed by atoms with Gasteiger partial charge in [-0.25, -0.2) is 4.98 Å². The molecule has 0 unspecified atom stereocenters.